The van der Waals surface area contributed by atoms with E-state index >= 15 is 0 Å². The Morgan fingerprint density at radius 1 is 0.833 bits per heavy atom. The predicted octanol–water partition coefficient (Wildman–Crippen LogP) is 4.86. The van der Waals surface area contributed by atoms with E-state index in [4.69, 9.17) is 22.8 Å². The molecule has 2 aromatic carbocycles. The van der Waals surface area contributed by atoms with Crippen LogP contribution in [-0.4, -0.2) is 41.2 Å². The summed E-state index contributed by atoms with van der Waals surface area (Å²) in [6.45, 7) is 8.64. The molecule has 0 spiro atoms. The van der Waals surface area contributed by atoms with Gasteiger partial charge in [0, 0.05) is 32.5 Å². The van der Waals surface area contributed by atoms with Gasteiger partial charge in [0.25, 0.3) is 0 Å². The highest BCUT2D eigenvalue weighted by atomic mass is 28.4. The molecule has 6 nitrogen and oxygen atoms in total. The number of esters is 1. The summed E-state index contributed by atoms with van der Waals surface area (Å²) in [7, 11) is -2.61. The van der Waals surface area contributed by atoms with E-state index in [1.165, 1.54) is 0 Å². The third-order valence-electron chi connectivity index (χ3n) is 4.28. The minimum atomic E-state index is -2.61. The Labute approximate surface area is 180 Å². The van der Waals surface area contributed by atoms with Gasteiger partial charge in [-0.15, -0.1) is 0 Å². The van der Waals surface area contributed by atoms with Crippen LogP contribution in [0.2, 0.25) is 6.04 Å². The third kappa shape index (κ3) is 8.01. The van der Waals surface area contributed by atoms with Crippen LogP contribution in [-0.2, 0) is 24.6 Å². The molecule has 0 amide bonds. The molecule has 0 aliphatic heterocycles. The standard InChI is InChI=1S/C23H32O6Si/c1-4-26-30(27-5-2,28-6-3)18-10-17-25-19-20-13-15-21(16-14-20)23(24)29-22-11-8-7-9-12-22/h7-9,11-16H,4-6,10,17-19H2,1-3H3. The Hall–Kier alpha value is -2.03. The number of carbonyl (C=O) groups is 1. The van der Waals surface area contributed by atoms with E-state index in [2.05, 4.69) is 0 Å². The maximum Gasteiger partial charge on any atom is 0.501 e. The van der Waals surface area contributed by atoms with Crippen LogP contribution < -0.4 is 4.74 Å². The van der Waals surface area contributed by atoms with Crippen LogP contribution in [0.1, 0.15) is 43.1 Å². The number of benzene rings is 2. The first kappa shape index (κ1) is 24.2. The van der Waals surface area contributed by atoms with Gasteiger partial charge in [0.05, 0.1) is 12.2 Å². The number of hydrogen-bond donors (Lipinski definition) is 0. The second-order valence-corrected chi connectivity index (χ2v) is 9.27. The summed E-state index contributed by atoms with van der Waals surface area (Å²) in [6, 6.07) is 17.0. The molecule has 7 heteroatoms. The first-order valence-electron chi connectivity index (χ1n) is 10.5. The van der Waals surface area contributed by atoms with E-state index in [9.17, 15) is 4.79 Å². The van der Waals surface area contributed by atoms with Crippen LogP contribution in [0.4, 0.5) is 0 Å². The molecule has 164 valence electrons. The van der Waals surface area contributed by atoms with Crippen LogP contribution in [0.15, 0.2) is 54.6 Å². The van der Waals surface area contributed by atoms with E-state index in [0.29, 0.717) is 44.3 Å². The first-order chi connectivity index (χ1) is 14.6. The number of hydrogen-bond acceptors (Lipinski definition) is 6. The minimum absolute atomic E-state index is 0.377. The third-order valence-corrected chi connectivity index (χ3v) is 7.43. The molecule has 0 aliphatic rings. The largest absolute Gasteiger partial charge is 0.501 e. The smallest absolute Gasteiger partial charge is 0.423 e. The lowest BCUT2D eigenvalue weighted by atomic mass is 10.1. The molecule has 0 unspecified atom stereocenters. The van der Waals surface area contributed by atoms with Gasteiger partial charge in [-0.3, -0.25) is 0 Å². The van der Waals surface area contributed by atoms with Gasteiger partial charge in [0.1, 0.15) is 5.75 Å². The highest BCUT2D eigenvalue weighted by molar-refractivity contribution is 6.60. The maximum atomic E-state index is 12.2. The van der Waals surface area contributed by atoms with Crippen molar-refractivity contribution in [3.8, 4) is 5.75 Å². The lowest BCUT2D eigenvalue weighted by Gasteiger charge is -2.28. The van der Waals surface area contributed by atoms with Gasteiger partial charge in [0.15, 0.2) is 0 Å². The summed E-state index contributed by atoms with van der Waals surface area (Å²) in [5, 5.41) is 0. The fraction of sp³-hybridized carbons (Fsp3) is 0.435. The van der Waals surface area contributed by atoms with Gasteiger partial charge in [-0.1, -0.05) is 30.3 Å². The fourth-order valence-electron chi connectivity index (χ4n) is 2.97. The Morgan fingerprint density at radius 2 is 1.43 bits per heavy atom. The van der Waals surface area contributed by atoms with Crippen molar-refractivity contribution < 1.29 is 27.5 Å². The molecule has 0 saturated carbocycles. The van der Waals surface area contributed by atoms with Crippen LogP contribution in [0.3, 0.4) is 0 Å². The van der Waals surface area contributed by atoms with E-state index in [1.54, 1.807) is 24.3 Å². The van der Waals surface area contributed by atoms with Crippen molar-refractivity contribution >= 4 is 14.8 Å². The van der Waals surface area contributed by atoms with E-state index < -0.39 is 8.80 Å². The van der Waals surface area contributed by atoms with Crippen LogP contribution in [0.25, 0.3) is 0 Å². The van der Waals surface area contributed by atoms with E-state index in [-0.39, 0.29) is 5.97 Å². The highest BCUT2D eigenvalue weighted by Crippen LogP contribution is 2.18. The molecule has 0 aromatic heterocycles. The van der Waals surface area contributed by atoms with Crippen molar-refractivity contribution in [2.24, 2.45) is 0 Å². The Kier molecular flexibility index (Phi) is 10.8. The summed E-state index contributed by atoms with van der Waals surface area (Å²) < 4.78 is 28.7. The second kappa shape index (κ2) is 13.3. The number of para-hydroxylation sites is 1. The van der Waals surface area contributed by atoms with Crippen molar-refractivity contribution in [2.75, 3.05) is 26.4 Å². The molecular weight excluding hydrogens is 400 g/mol. The van der Waals surface area contributed by atoms with Crippen LogP contribution >= 0.6 is 0 Å². The predicted molar refractivity (Wildman–Crippen MR) is 118 cm³/mol. The summed E-state index contributed by atoms with van der Waals surface area (Å²) in [5.41, 5.74) is 1.50. The Balaban J connectivity index is 1.76. The van der Waals surface area contributed by atoms with Gasteiger partial charge in [-0.25, -0.2) is 4.79 Å². The number of rotatable bonds is 14. The van der Waals surface area contributed by atoms with Gasteiger partial charge < -0.3 is 22.8 Å². The molecule has 0 atom stereocenters. The molecule has 0 bridgehead atoms. The van der Waals surface area contributed by atoms with Gasteiger partial charge in [0.2, 0.25) is 0 Å². The molecule has 2 rings (SSSR count). The molecule has 2 aromatic rings. The number of ether oxygens (including phenoxy) is 2. The SMILES string of the molecule is CCO[Si](CCCOCc1ccc(C(=O)Oc2ccccc2)cc1)(OCC)OCC. The first-order valence-corrected chi connectivity index (χ1v) is 12.4. The molecular formula is C23H32O6Si. The van der Waals surface area contributed by atoms with Crippen molar-refractivity contribution in [1.29, 1.82) is 0 Å². The molecule has 0 N–H and O–H groups in total. The molecule has 0 saturated heterocycles. The van der Waals surface area contributed by atoms with Crippen molar-refractivity contribution in [1.82, 2.24) is 0 Å². The van der Waals surface area contributed by atoms with Crippen molar-refractivity contribution in [3.05, 3.63) is 65.7 Å². The van der Waals surface area contributed by atoms with Gasteiger partial charge in [-0.2, -0.15) is 0 Å². The monoisotopic (exact) mass is 432 g/mol. The molecule has 0 heterocycles. The fourth-order valence-corrected chi connectivity index (χ4v) is 5.55. The zero-order chi connectivity index (χ0) is 21.7. The van der Waals surface area contributed by atoms with Crippen LogP contribution in [0.5, 0.6) is 5.75 Å². The average Bonchev–Trinajstić information content (AvgIpc) is 2.75. The molecule has 0 fully saturated rings. The zero-order valence-electron chi connectivity index (χ0n) is 18.1. The quantitative estimate of drug-likeness (QED) is 0.184. The summed E-state index contributed by atoms with van der Waals surface area (Å²) in [5.74, 6) is 0.151. The number of carbonyl (C=O) groups excluding carboxylic acids is 1. The van der Waals surface area contributed by atoms with Gasteiger partial charge >= 0.3 is 14.8 Å². The zero-order valence-corrected chi connectivity index (χ0v) is 19.1. The second-order valence-electron chi connectivity index (χ2n) is 6.54. The maximum absolute atomic E-state index is 12.2. The molecule has 0 aliphatic carbocycles. The minimum Gasteiger partial charge on any atom is -0.423 e. The summed E-state index contributed by atoms with van der Waals surface area (Å²) in [4.78, 5) is 12.2. The van der Waals surface area contributed by atoms with E-state index in [0.717, 1.165) is 18.0 Å². The highest BCUT2D eigenvalue weighted by Gasteiger charge is 2.39. The van der Waals surface area contributed by atoms with Gasteiger partial charge in [-0.05, 0) is 57.0 Å². The summed E-state index contributed by atoms with van der Waals surface area (Å²) >= 11 is 0. The lowest BCUT2D eigenvalue weighted by molar-refractivity contribution is 0.0647. The average molecular weight is 433 g/mol. The summed E-state index contributed by atoms with van der Waals surface area (Å²) in [6.07, 6.45) is 0.799. The van der Waals surface area contributed by atoms with E-state index in [1.807, 2.05) is 51.1 Å². The Morgan fingerprint density at radius 3 is 2.00 bits per heavy atom. The van der Waals surface area contributed by atoms with Crippen molar-refractivity contribution in [3.63, 3.8) is 0 Å². The molecule has 30 heavy (non-hydrogen) atoms. The topological polar surface area (TPSA) is 63.2 Å². The van der Waals surface area contributed by atoms with Crippen molar-refractivity contribution in [2.45, 2.75) is 39.8 Å². The molecule has 0 radical (unpaired) electrons. The Bertz CT molecular complexity index is 718. The lowest BCUT2D eigenvalue weighted by Crippen LogP contribution is -2.46. The normalized spacial score (nSPS) is 11.4. The van der Waals surface area contributed by atoms with Crippen LogP contribution in [0, 0.1) is 0 Å².